The predicted molar refractivity (Wildman–Crippen MR) is 96.4 cm³/mol. The van der Waals surface area contributed by atoms with Gasteiger partial charge in [0.2, 0.25) is 5.91 Å². The molecule has 5 nitrogen and oxygen atoms in total. The molecule has 1 fully saturated rings. The predicted octanol–water partition coefficient (Wildman–Crippen LogP) is 2.42. The molecule has 5 heteroatoms. The Morgan fingerprint density at radius 3 is 2.40 bits per heavy atom. The van der Waals surface area contributed by atoms with Crippen molar-refractivity contribution in [1.29, 1.82) is 0 Å². The molecule has 1 amide bonds. The van der Waals surface area contributed by atoms with E-state index in [9.17, 15) is 15.0 Å². The minimum absolute atomic E-state index is 0.0494. The van der Waals surface area contributed by atoms with E-state index in [0.29, 0.717) is 5.56 Å². The number of carbonyl (C=O) groups excluding carboxylic acids is 1. The zero-order chi connectivity index (χ0) is 17.6. The van der Waals surface area contributed by atoms with Gasteiger partial charge in [-0.2, -0.15) is 0 Å². The minimum atomic E-state index is -0.195. The van der Waals surface area contributed by atoms with Gasteiger partial charge in [-0.05, 0) is 36.1 Å². The van der Waals surface area contributed by atoms with Crippen molar-refractivity contribution in [2.75, 3.05) is 13.1 Å². The smallest absolute Gasteiger partial charge is 0.224 e. The topological polar surface area (TPSA) is 72.8 Å². The van der Waals surface area contributed by atoms with Crippen molar-refractivity contribution in [1.82, 2.24) is 10.2 Å². The molecule has 0 aliphatic carbocycles. The summed E-state index contributed by atoms with van der Waals surface area (Å²) in [5.74, 6) is -0.416. The lowest BCUT2D eigenvalue weighted by molar-refractivity contribution is -0.121. The van der Waals surface area contributed by atoms with Crippen molar-refractivity contribution in [2.24, 2.45) is 0 Å². The summed E-state index contributed by atoms with van der Waals surface area (Å²) in [4.78, 5) is 14.6. The quantitative estimate of drug-likeness (QED) is 0.731. The molecular formula is C20H24N2O3. The van der Waals surface area contributed by atoms with E-state index in [4.69, 9.17) is 0 Å². The van der Waals surface area contributed by atoms with Gasteiger partial charge < -0.3 is 15.5 Å². The van der Waals surface area contributed by atoms with E-state index in [-0.39, 0.29) is 29.9 Å². The summed E-state index contributed by atoms with van der Waals surface area (Å²) in [6.45, 7) is 2.90. The molecule has 132 valence electrons. The van der Waals surface area contributed by atoms with E-state index >= 15 is 0 Å². The molecule has 1 saturated heterocycles. The Balaban J connectivity index is 1.43. The lowest BCUT2D eigenvalue weighted by atomic mass is 10.0. The zero-order valence-electron chi connectivity index (χ0n) is 14.2. The van der Waals surface area contributed by atoms with Crippen LogP contribution < -0.4 is 5.32 Å². The van der Waals surface area contributed by atoms with Gasteiger partial charge in [0.25, 0.3) is 0 Å². The third-order valence-corrected chi connectivity index (χ3v) is 4.61. The van der Waals surface area contributed by atoms with Crippen LogP contribution in [-0.4, -0.2) is 40.2 Å². The van der Waals surface area contributed by atoms with Crippen LogP contribution >= 0.6 is 0 Å². The molecule has 0 spiro atoms. The zero-order valence-corrected chi connectivity index (χ0v) is 14.2. The Morgan fingerprint density at radius 1 is 1.00 bits per heavy atom. The maximum absolute atomic E-state index is 12.2. The van der Waals surface area contributed by atoms with Crippen LogP contribution in [0.15, 0.2) is 48.5 Å². The number of phenols is 2. The molecule has 1 aliphatic heterocycles. The number of likely N-dealkylation sites (tertiary alicyclic amines) is 1. The van der Waals surface area contributed by atoms with Gasteiger partial charge >= 0.3 is 0 Å². The second-order valence-corrected chi connectivity index (χ2v) is 6.60. The summed E-state index contributed by atoms with van der Waals surface area (Å²) in [6, 6.07) is 15.1. The molecule has 3 N–H and O–H groups in total. The Hall–Kier alpha value is -2.53. The maximum atomic E-state index is 12.2. The number of nitrogens with zero attached hydrogens (tertiary/aromatic N) is 1. The average molecular weight is 340 g/mol. The van der Waals surface area contributed by atoms with Crippen molar-refractivity contribution in [3.63, 3.8) is 0 Å². The van der Waals surface area contributed by atoms with Crippen molar-refractivity contribution < 1.29 is 15.0 Å². The number of rotatable bonds is 5. The average Bonchev–Trinajstić information content (AvgIpc) is 2.61. The SMILES string of the molecule is O=C(Cc1ccc(O)c(O)c1)NC1CCN(Cc2ccccc2)CC1. The molecule has 1 heterocycles. The highest BCUT2D eigenvalue weighted by molar-refractivity contribution is 5.79. The van der Waals surface area contributed by atoms with Crippen LogP contribution in [0.25, 0.3) is 0 Å². The van der Waals surface area contributed by atoms with Crippen molar-refractivity contribution >= 4 is 5.91 Å². The number of aromatic hydroxyl groups is 2. The number of amides is 1. The number of nitrogens with one attached hydrogen (secondary N) is 1. The van der Waals surface area contributed by atoms with E-state index in [1.165, 1.54) is 17.7 Å². The fourth-order valence-electron chi connectivity index (χ4n) is 3.22. The van der Waals surface area contributed by atoms with Crippen molar-refractivity contribution in [3.8, 4) is 11.5 Å². The Bertz CT molecular complexity index is 710. The van der Waals surface area contributed by atoms with Crippen LogP contribution in [0, 0.1) is 0 Å². The summed E-state index contributed by atoms with van der Waals surface area (Å²) in [7, 11) is 0. The van der Waals surface area contributed by atoms with E-state index in [1.807, 2.05) is 6.07 Å². The summed E-state index contributed by atoms with van der Waals surface area (Å²) in [6.07, 6.45) is 2.09. The van der Waals surface area contributed by atoms with E-state index in [2.05, 4.69) is 34.5 Å². The van der Waals surface area contributed by atoms with Crippen molar-refractivity contribution in [3.05, 3.63) is 59.7 Å². The lowest BCUT2D eigenvalue weighted by Crippen LogP contribution is -2.44. The van der Waals surface area contributed by atoms with Gasteiger partial charge in [0, 0.05) is 25.7 Å². The van der Waals surface area contributed by atoms with E-state index in [0.717, 1.165) is 32.5 Å². The normalized spacial score (nSPS) is 15.8. The third-order valence-electron chi connectivity index (χ3n) is 4.61. The van der Waals surface area contributed by atoms with Gasteiger partial charge in [-0.15, -0.1) is 0 Å². The first-order valence-corrected chi connectivity index (χ1v) is 8.66. The van der Waals surface area contributed by atoms with Gasteiger partial charge in [-0.25, -0.2) is 0 Å². The highest BCUT2D eigenvalue weighted by Gasteiger charge is 2.20. The van der Waals surface area contributed by atoms with Crippen LogP contribution in [-0.2, 0) is 17.8 Å². The number of hydrogen-bond donors (Lipinski definition) is 3. The molecule has 0 saturated carbocycles. The Kier molecular flexibility index (Phi) is 5.56. The second kappa shape index (κ2) is 8.03. The van der Waals surface area contributed by atoms with E-state index < -0.39 is 0 Å². The summed E-state index contributed by atoms with van der Waals surface area (Å²) >= 11 is 0. The largest absolute Gasteiger partial charge is 0.504 e. The Labute approximate surface area is 147 Å². The van der Waals surface area contributed by atoms with Gasteiger partial charge in [0.15, 0.2) is 11.5 Å². The standard InChI is InChI=1S/C20H24N2O3/c23-18-7-6-16(12-19(18)24)13-20(25)21-17-8-10-22(11-9-17)14-15-4-2-1-3-5-15/h1-7,12,17,23-24H,8-11,13-14H2,(H,21,25). The number of hydrogen-bond acceptors (Lipinski definition) is 4. The maximum Gasteiger partial charge on any atom is 0.224 e. The van der Waals surface area contributed by atoms with Gasteiger partial charge in [-0.1, -0.05) is 36.4 Å². The molecule has 2 aromatic rings. The van der Waals surface area contributed by atoms with Crippen LogP contribution in [0.5, 0.6) is 11.5 Å². The molecule has 0 aromatic heterocycles. The summed E-state index contributed by atoms with van der Waals surface area (Å²) in [5, 5.41) is 21.9. The van der Waals surface area contributed by atoms with Gasteiger partial charge in [0.1, 0.15) is 0 Å². The first-order chi connectivity index (χ1) is 12.1. The first-order valence-electron chi connectivity index (χ1n) is 8.66. The van der Waals surface area contributed by atoms with E-state index in [1.54, 1.807) is 6.07 Å². The monoisotopic (exact) mass is 340 g/mol. The van der Waals surface area contributed by atoms with Crippen LogP contribution in [0.2, 0.25) is 0 Å². The minimum Gasteiger partial charge on any atom is -0.504 e. The number of phenolic OH excluding ortho intramolecular Hbond substituents is 2. The van der Waals surface area contributed by atoms with Gasteiger partial charge in [0.05, 0.1) is 6.42 Å². The van der Waals surface area contributed by atoms with Crippen molar-refractivity contribution in [2.45, 2.75) is 31.8 Å². The molecule has 2 aromatic carbocycles. The third kappa shape index (κ3) is 4.97. The molecule has 0 unspecified atom stereocenters. The molecule has 25 heavy (non-hydrogen) atoms. The fraction of sp³-hybridized carbons (Fsp3) is 0.350. The number of benzene rings is 2. The molecule has 3 rings (SSSR count). The molecule has 1 aliphatic rings. The van der Waals surface area contributed by atoms with Gasteiger partial charge in [-0.3, -0.25) is 9.69 Å². The molecule has 0 radical (unpaired) electrons. The second-order valence-electron chi connectivity index (χ2n) is 6.60. The highest BCUT2D eigenvalue weighted by atomic mass is 16.3. The van der Waals surface area contributed by atoms with Crippen LogP contribution in [0.4, 0.5) is 0 Å². The van der Waals surface area contributed by atoms with Crippen LogP contribution in [0.3, 0.4) is 0 Å². The molecular weight excluding hydrogens is 316 g/mol. The Morgan fingerprint density at radius 2 is 1.72 bits per heavy atom. The highest BCUT2D eigenvalue weighted by Crippen LogP contribution is 2.25. The number of piperidine rings is 1. The first kappa shape index (κ1) is 17.3. The molecule has 0 atom stereocenters. The summed E-state index contributed by atoms with van der Waals surface area (Å²) < 4.78 is 0. The summed E-state index contributed by atoms with van der Waals surface area (Å²) in [5.41, 5.74) is 2.01. The number of carbonyl (C=O) groups is 1. The lowest BCUT2D eigenvalue weighted by Gasteiger charge is -2.32. The molecule has 0 bridgehead atoms. The van der Waals surface area contributed by atoms with Crippen LogP contribution in [0.1, 0.15) is 24.0 Å². The fourth-order valence-corrected chi connectivity index (χ4v) is 3.22.